The van der Waals surface area contributed by atoms with Crippen molar-refractivity contribution in [2.75, 3.05) is 6.54 Å². The number of nitrogens with two attached hydrogens (primary N) is 1. The van der Waals surface area contributed by atoms with Crippen LogP contribution >= 0.6 is 0 Å². The van der Waals surface area contributed by atoms with Crippen molar-refractivity contribution in [3.8, 4) is 0 Å². The summed E-state index contributed by atoms with van der Waals surface area (Å²) in [5.41, 5.74) is -1.70. The fourth-order valence-corrected chi connectivity index (χ4v) is 6.92. The van der Waals surface area contributed by atoms with Crippen molar-refractivity contribution in [3.63, 3.8) is 0 Å². The van der Waals surface area contributed by atoms with Crippen LogP contribution in [0.4, 0.5) is 0 Å². The molecule has 7 atom stereocenters. The smallest absolute Gasteiger partial charge is 0.289 e. The molecule has 14 nitrogen and oxygen atoms in total. The van der Waals surface area contributed by atoms with Gasteiger partial charge in [0.05, 0.1) is 12.2 Å². The van der Waals surface area contributed by atoms with Crippen LogP contribution in [-0.4, -0.2) is 91.9 Å². The van der Waals surface area contributed by atoms with Gasteiger partial charge in [-0.25, -0.2) is 10.8 Å². The molecule has 1 aromatic rings. The van der Waals surface area contributed by atoms with Gasteiger partial charge in [-0.05, 0) is 54.8 Å². The van der Waals surface area contributed by atoms with E-state index < -0.39 is 70.3 Å². The molecule has 1 saturated carbocycles. The SMILES string of the molecule is CCC[C@H](NC(=O)[C@@H]1[C@H]2CCC[C@H]2CN1C(=O)[C@@H](NC(=O)[C@@H](N(N)C(=O)c1cnccn1)C(C)(C)C)C(C)(C)C)C(=O)C(=O)N[C@@H](C)C(C)C. The van der Waals surface area contributed by atoms with Crippen LogP contribution in [-0.2, 0) is 24.0 Å². The molecule has 0 bridgehead atoms. The fourth-order valence-electron chi connectivity index (χ4n) is 6.92. The summed E-state index contributed by atoms with van der Waals surface area (Å²) in [5.74, 6) is 2.61. The first-order chi connectivity index (χ1) is 23.2. The molecule has 2 fully saturated rings. The fraction of sp³-hybridized carbons (Fsp3) is 0.722. The van der Waals surface area contributed by atoms with Crippen LogP contribution in [0.5, 0.6) is 0 Å². The largest absolute Gasteiger partial charge is 0.347 e. The molecule has 14 heteroatoms. The Labute approximate surface area is 296 Å². The monoisotopic (exact) mass is 698 g/mol. The van der Waals surface area contributed by atoms with E-state index in [1.54, 1.807) is 20.8 Å². The number of likely N-dealkylation sites (tertiary alicyclic amines) is 1. The lowest BCUT2D eigenvalue weighted by atomic mass is 9.82. The van der Waals surface area contributed by atoms with Crippen molar-refractivity contribution in [3.05, 3.63) is 24.3 Å². The van der Waals surface area contributed by atoms with Crippen molar-refractivity contribution in [1.82, 2.24) is 35.8 Å². The molecule has 2 heterocycles. The quantitative estimate of drug-likeness (QED) is 0.103. The van der Waals surface area contributed by atoms with Crippen LogP contribution in [0.15, 0.2) is 18.6 Å². The van der Waals surface area contributed by atoms with Gasteiger partial charge in [0.15, 0.2) is 0 Å². The zero-order chi connectivity index (χ0) is 37.7. The number of Topliss-reactive ketones (excluding diaryl/α,β-unsaturated/α-hetero) is 1. The third-order valence-electron chi connectivity index (χ3n) is 10.00. The van der Waals surface area contributed by atoms with Gasteiger partial charge in [-0.15, -0.1) is 0 Å². The summed E-state index contributed by atoms with van der Waals surface area (Å²) in [6.45, 7) is 18.6. The van der Waals surface area contributed by atoms with Crippen LogP contribution in [0, 0.1) is 28.6 Å². The Balaban J connectivity index is 1.90. The minimum atomic E-state index is -1.20. The topological polar surface area (TPSA) is 197 Å². The molecule has 0 spiro atoms. The van der Waals surface area contributed by atoms with Gasteiger partial charge in [-0.1, -0.05) is 75.2 Å². The summed E-state index contributed by atoms with van der Waals surface area (Å²) < 4.78 is 0. The highest BCUT2D eigenvalue weighted by Crippen LogP contribution is 2.43. The summed E-state index contributed by atoms with van der Waals surface area (Å²) in [6, 6.07) is -4.45. The summed E-state index contributed by atoms with van der Waals surface area (Å²) >= 11 is 0. The third kappa shape index (κ3) is 9.43. The van der Waals surface area contributed by atoms with E-state index in [0.29, 0.717) is 13.0 Å². The van der Waals surface area contributed by atoms with E-state index in [0.717, 1.165) is 24.3 Å². The van der Waals surface area contributed by atoms with E-state index in [2.05, 4.69) is 25.9 Å². The number of hydrazine groups is 1. The second-order valence-electron chi connectivity index (χ2n) is 16.4. The average Bonchev–Trinajstić information content (AvgIpc) is 3.63. The van der Waals surface area contributed by atoms with Crippen molar-refractivity contribution in [2.24, 2.45) is 34.4 Å². The van der Waals surface area contributed by atoms with Gasteiger partial charge >= 0.3 is 0 Å². The number of amides is 5. The maximum Gasteiger partial charge on any atom is 0.289 e. The molecule has 1 aromatic heterocycles. The molecule has 2 aliphatic rings. The first kappa shape index (κ1) is 40.5. The summed E-state index contributed by atoms with van der Waals surface area (Å²) in [7, 11) is 0. The summed E-state index contributed by atoms with van der Waals surface area (Å²) in [4.78, 5) is 91.7. The first-order valence-electron chi connectivity index (χ1n) is 17.8. The lowest BCUT2D eigenvalue weighted by Crippen LogP contribution is -2.64. The molecule has 1 saturated heterocycles. The lowest BCUT2D eigenvalue weighted by molar-refractivity contribution is -0.147. The van der Waals surface area contributed by atoms with Crippen LogP contribution < -0.4 is 21.8 Å². The lowest BCUT2D eigenvalue weighted by Gasteiger charge is -2.40. The van der Waals surface area contributed by atoms with Gasteiger partial charge < -0.3 is 20.9 Å². The minimum absolute atomic E-state index is 0.0373. The molecule has 0 unspecified atom stereocenters. The number of nitrogens with zero attached hydrogens (tertiary/aromatic N) is 4. The molecule has 3 rings (SSSR count). The predicted molar refractivity (Wildman–Crippen MR) is 188 cm³/mol. The molecular weight excluding hydrogens is 640 g/mol. The normalized spacial score (nSPS) is 21.4. The molecule has 1 aliphatic carbocycles. The number of rotatable bonds is 13. The average molecular weight is 699 g/mol. The van der Waals surface area contributed by atoms with Crippen molar-refractivity contribution < 1.29 is 28.8 Å². The highest BCUT2D eigenvalue weighted by Gasteiger charge is 2.53. The Morgan fingerprint density at radius 1 is 0.960 bits per heavy atom. The second-order valence-corrected chi connectivity index (χ2v) is 16.4. The molecule has 1 aliphatic heterocycles. The van der Waals surface area contributed by atoms with E-state index in [9.17, 15) is 28.8 Å². The Morgan fingerprint density at radius 3 is 2.16 bits per heavy atom. The van der Waals surface area contributed by atoms with Crippen molar-refractivity contribution >= 4 is 35.3 Å². The van der Waals surface area contributed by atoms with Gasteiger partial charge in [0.2, 0.25) is 23.5 Å². The summed E-state index contributed by atoms with van der Waals surface area (Å²) in [5, 5.41) is 9.29. The summed E-state index contributed by atoms with van der Waals surface area (Å²) in [6.07, 6.45) is 7.32. The molecular formula is C36H58N8O6. The van der Waals surface area contributed by atoms with Crippen LogP contribution in [0.1, 0.15) is 112 Å². The van der Waals surface area contributed by atoms with Crippen LogP contribution in [0.3, 0.4) is 0 Å². The van der Waals surface area contributed by atoms with Crippen molar-refractivity contribution in [2.45, 2.75) is 132 Å². The highest BCUT2D eigenvalue weighted by atomic mass is 16.2. The first-order valence-corrected chi connectivity index (χ1v) is 17.8. The van der Waals surface area contributed by atoms with Gasteiger partial charge in [0.1, 0.15) is 23.8 Å². The van der Waals surface area contributed by atoms with E-state index in [1.807, 2.05) is 48.5 Å². The molecule has 0 aromatic carbocycles. The Hall–Kier alpha value is -3.94. The van der Waals surface area contributed by atoms with Crippen LogP contribution in [0.25, 0.3) is 0 Å². The van der Waals surface area contributed by atoms with Gasteiger partial charge in [-0.2, -0.15) is 0 Å². The number of fused-ring (bicyclic) bond motifs is 1. The van der Waals surface area contributed by atoms with Crippen molar-refractivity contribution in [1.29, 1.82) is 0 Å². The van der Waals surface area contributed by atoms with E-state index in [-0.39, 0.29) is 35.9 Å². The molecule has 50 heavy (non-hydrogen) atoms. The Kier molecular flexibility index (Phi) is 13.3. The number of carbonyl (C=O) groups excluding carboxylic acids is 6. The van der Waals surface area contributed by atoms with E-state index in [1.165, 1.54) is 23.5 Å². The Morgan fingerprint density at radius 2 is 1.62 bits per heavy atom. The predicted octanol–water partition coefficient (Wildman–Crippen LogP) is 2.38. The molecule has 5 amide bonds. The Bertz CT molecular complexity index is 1410. The molecule has 5 N–H and O–H groups in total. The van der Waals surface area contributed by atoms with E-state index in [4.69, 9.17) is 5.84 Å². The number of ketones is 1. The second kappa shape index (κ2) is 16.4. The number of carbonyl (C=O) groups is 6. The standard InChI is InChI=1S/C36H58N8O6/c1-11-13-24(27(45)31(47)40-21(4)20(2)3)41-30(46)26-23-15-12-14-22(23)19-43(26)34(50)28(35(5,6)7)42-32(48)29(36(8,9)10)44(37)33(49)25-18-38-16-17-39-25/h16-18,20-24,26,28-29H,11-15,19,37H2,1-10H3,(H,40,47)(H,41,46)(H,42,48)/t21-,22-,23-,24-,26-,28+,29+/m0/s1. The third-order valence-corrected chi connectivity index (χ3v) is 10.00. The number of aromatic nitrogens is 2. The van der Waals surface area contributed by atoms with Crippen LogP contribution in [0.2, 0.25) is 0 Å². The number of hydrogen-bond acceptors (Lipinski definition) is 9. The van der Waals surface area contributed by atoms with Gasteiger partial charge in [-0.3, -0.25) is 38.8 Å². The zero-order valence-corrected chi connectivity index (χ0v) is 31.4. The molecule has 0 radical (unpaired) electrons. The highest BCUT2D eigenvalue weighted by molar-refractivity contribution is 6.38. The maximum atomic E-state index is 14.6. The zero-order valence-electron chi connectivity index (χ0n) is 31.4. The maximum absolute atomic E-state index is 14.6. The van der Waals surface area contributed by atoms with Gasteiger partial charge in [0.25, 0.3) is 11.8 Å². The molecule has 278 valence electrons. The van der Waals surface area contributed by atoms with Gasteiger partial charge in [0, 0.05) is 25.0 Å². The number of hydrogen-bond donors (Lipinski definition) is 4. The van der Waals surface area contributed by atoms with E-state index >= 15 is 0 Å². The number of nitrogens with one attached hydrogen (secondary N) is 3. The minimum Gasteiger partial charge on any atom is -0.347 e.